The van der Waals surface area contributed by atoms with E-state index in [0.717, 1.165) is 12.8 Å². The molecule has 0 aliphatic carbocycles. The molecule has 1 heterocycles. The second-order valence-corrected chi connectivity index (χ2v) is 6.95. The second kappa shape index (κ2) is 6.08. The van der Waals surface area contributed by atoms with Gasteiger partial charge in [-0.1, -0.05) is 19.1 Å². The summed E-state index contributed by atoms with van der Waals surface area (Å²) in [5.74, 6) is 0. The number of ether oxygens (including phenoxy) is 1. The Morgan fingerprint density at radius 2 is 2.29 bits per heavy atom. The summed E-state index contributed by atoms with van der Waals surface area (Å²) in [4.78, 5) is 0.0340. The molecule has 100 valence electrons. The average Bonchev–Trinajstić information content (AvgIpc) is 2.70. The molecule has 0 bridgehead atoms. The number of sulfonamides is 1. The third-order valence-corrected chi connectivity index (χ3v) is 5.72. The van der Waals surface area contributed by atoms with Gasteiger partial charge in [0.1, 0.15) is 5.25 Å². The van der Waals surface area contributed by atoms with Crippen molar-refractivity contribution in [2.45, 2.75) is 37.5 Å². The van der Waals surface area contributed by atoms with Gasteiger partial charge in [-0.05, 0) is 19.3 Å². The van der Waals surface area contributed by atoms with Gasteiger partial charge in [-0.3, -0.25) is 0 Å². The Kier molecular flexibility index (Phi) is 5.30. The lowest BCUT2D eigenvalue weighted by molar-refractivity contribution is 0.0978. The van der Waals surface area contributed by atoms with Gasteiger partial charge in [0, 0.05) is 20.2 Å². The highest BCUT2D eigenvalue weighted by Gasteiger charge is 2.32. The molecule has 1 saturated heterocycles. The SMILES string of the molecule is CCC(C(N)=S)S(=O)(=O)N(C)CC1CCCO1. The van der Waals surface area contributed by atoms with Crippen molar-refractivity contribution >= 4 is 27.2 Å². The predicted octanol–water partition coefficient (Wildman–Crippen LogP) is 0.492. The zero-order valence-electron chi connectivity index (χ0n) is 10.3. The van der Waals surface area contributed by atoms with Crippen LogP contribution in [-0.2, 0) is 14.8 Å². The lowest BCUT2D eigenvalue weighted by Gasteiger charge is -2.24. The Hall–Kier alpha value is -0.240. The van der Waals surface area contributed by atoms with Crippen LogP contribution >= 0.6 is 12.2 Å². The van der Waals surface area contributed by atoms with E-state index < -0.39 is 15.3 Å². The third kappa shape index (κ3) is 3.61. The number of hydrogen-bond donors (Lipinski definition) is 1. The van der Waals surface area contributed by atoms with Gasteiger partial charge in [0.2, 0.25) is 10.0 Å². The number of rotatable bonds is 6. The van der Waals surface area contributed by atoms with Crippen molar-refractivity contribution in [3.8, 4) is 0 Å². The molecule has 0 aromatic heterocycles. The molecule has 0 spiro atoms. The van der Waals surface area contributed by atoms with Crippen molar-refractivity contribution in [1.82, 2.24) is 4.31 Å². The van der Waals surface area contributed by atoms with Crippen LogP contribution in [0.2, 0.25) is 0 Å². The summed E-state index contributed by atoms with van der Waals surface area (Å²) in [5, 5.41) is -0.774. The predicted molar refractivity (Wildman–Crippen MR) is 71.4 cm³/mol. The summed E-state index contributed by atoms with van der Waals surface area (Å²) in [6.07, 6.45) is 2.29. The molecule has 1 rings (SSSR count). The van der Waals surface area contributed by atoms with E-state index in [0.29, 0.717) is 19.6 Å². The van der Waals surface area contributed by atoms with Crippen LogP contribution in [0.25, 0.3) is 0 Å². The van der Waals surface area contributed by atoms with E-state index in [4.69, 9.17) is 22.7 Å². The van der Waals surface area contributed by atoms with E-state index in [1.165, 1.54) is 4.31 Å². The normalized spacial score (nSPS) is 22.9. The van der Waals surface area contributed by atoms with Gasteiger partial charge in [0.15, 0.2) is 0 Å². The third-order valence-electron chi connectivity index (χ3n) is 2.97. The lowest BCUT2D eigenvalue weighted by atomic mass is 10.2. The first-order valence-corrected chi connectivity index (χ1v) is 7.66. The maximum atomic E-state index is 12.2. The highest BCUT2D eigenvalue weighted by molar-refractivity contribution is 7.92. The van der Waals surface area contributed by atoms with Crippen LogP contribution in [0.3, 0.4) is 0 Å². The maximum Gasteiger partial charge on any atom is 0.223 e. The molecular formula is C10H20N2O3S2. The van der Waals surface area contributed by atoms with Crippen molar-refractivity contribution in [2.75, 3.05) is 20.2 Å². The summed E-state index contributed by atoms with van der Waals surface area (Å²) in [6, 6.07) is 0. The van der Waals surface area contributed by atoms with E-state index in [9.17, 15) is 8.42 Å². The first-order valence-electron chi connectivity index (χ1n) is 5.75. The van der Waals surface area contributed by atoms with Gasteiger partial charge in [0.05, 0.1) is 11.1 Å². The highest BCUT2D eigenvalue weighted by Crippen LogP contribution is 2.17. The van der Waals surface area contributed by atoms with Crippen molar-refractivity contribution < 1.29 is 13.2 Å². The average molecular weight is 280 g/mol. The molecule has 7 heteroatoms. The van der Waals surface area contributed by atoms with E-state index in [2.05, 4.69) is 0 Å². The minimum Gasteiger partial charge on any atom is -0.392 e. The first-order chi connectivity index (χ1) is 7.89. The Balaban J connectivity index is 2.70. The smallest absolute Gasteiger partial charge is 0.223 e. The molecule has 0 aromatic carbocycles. The molecular weight excluding hydrogens is 260 g/mol. The summed E-state index contributed by atoms with van der Waals surface area (Å²) in [6.45, 7) is 2.85. The minimum atomic E-state index is -3.45. The number of likely N-dealkylation sites (N-methyl/N-ethyl adjacent to an activating group) is 1. The molecule has 0 saturated carbocycles. The van der Waals surface area contributed by atoms with Crippen molar-refractivity contribution in [3.05, 3.63) is 0 Å². The zero-order chi connectivity index (χ0) is 13.1. The van der Waals surface area contributed by atoms with E-state index in [1.807, 2.05) is 0 Å². The van der Waals surface area contributed by atoms with Gasteiger partial charge in [-0.25, -0.2) is 12.7 Å². The van der Waals surface area contributed by atoms with Crippen LogP contribution in [-0.4, -0.2) is 49.3 Å². The molecule has 2 unspecified atom stereocenters. The molecule has 0 radical (unpaired) electrons. The maximum absolute atomic E-state index is 12.2. The first kappa shape index (κ1) is 14.8. The molecule has 17 heavy (non-hydrogen) atoms. The molecule has 0 aromatic rings. The Bertz CT molecular complexity index is 364. The summed E-state index contributed by atoms with van der Waals surface area (Å²) in [7, 11) is -1.90. The topological polar surface area (TPSA) is 72.6 Å². The summed E-state index contributed by atoms with van der Waals surface area (Å²) in [5.41, 5.74) is 5.47. The highest BCUT2D eigenvalue weighted by atomic mass is 32.2. The lowest BCUT2D eigenvalue weighted by Crippen LogP contribution is -2.44. The van der Waals surface area contributed by atoms with Crippen LogP contribution < -0.4 is 5.73 Å². The monoisotopic (exact) mass is 280 g/mol. The zero-order valence-corrected chi connectivity index (χ0v) is 11.9. The minimum absolute atomic E-state index is 0.00127. The summed E-state index contributed by atoms with van der Waals surface area (Å²) < 4.78 is 31.1. The van der Waals surface area contributed by atoms with Gasteiger partial charge >= 0.3 is 0 Å². The van der Waals surface area contributed by atoms with Crippen LogP contribution in [0.1, 0.15) is 26.2 Å². The number of nitrogens with two attached hydrogens (primary N) is 1. The van der Waals surface area contributed by atoms with Gasteiger partial charge in [-0.2, -0.15) is 0 Å². The number of thiocarbonyl (C=S) groups is 1. The fraction of sp³-hybridized carbons (Fsp3) is 0.900. The van der Waals surface area contributed by atoms with E-state index >= 15 is 0 Å². The van der Waals surface area contributed by atoms with E-state index in [-0.39, 0.29) is 11.1 Å². The Morgan fingerprint density at radius 3 is 2.71 bits per heavy atom. The largest absolute Gasteiger partial charge is 0.392 e. The van der Waals surface area contributed by atoms with Crippen LogP contribution in [0.4, 0.5) is 0 Å². The van der Waals surface area contributed by atoms with E-state index in [1.54, 1.807) is 14.0 Å². The van der Waals surface area contributed by atoms with Crippen molar-refractivity contribution in [2.24, 2.45) is 5.73 Å². The molecule has 1 fully saturated rings. The van der Waals surface area contributed by atoms with Crippen LogP contribution in [0.5, 0.6) is 0 Å². The Labute approximate surface area is 108 Å². The molecule has 5 nitrogen and oxygen atoms in total. The fourth-order valence-electron chi connectivity index (χ4n) is 1.95. The fourth-order valence-corrected chi connectivity index (χ4v) is 4.01. The molecule has 2 atom stereocenters. The van der Waals surface area contributed by atoms with Gasteiger partial charge in [0.25, 0.3) is 0 Å². The van der Waals surface area contributed by atoms with Crippen LogP contribution in [0, 0.1) is 0 Å². The van der Waals surface area contributed by atoms with Gasteiger partial charge in [-0.15, -0.1) is 0 Å². The summed E-state index contributed by atoms with van der Waals surface area (Å²) >= 11 is 4.81. The Morgan fingerprint density at radius 1 is 1.65 bits per heavy atom. The molecule has 1 aliphatic heterocycles. The number of hydrogen-bond acceptors (Lipinski definition) is 4. The number of nitrogens with zero attached hydrogens (tertiary/aromatic N) is 1. The van der Waals surface area contributed by atoms with Gasteiger partial charge < -0.3 is 10.5 Å². The van der Waals surface area contributed by atoms with Crippen molar-refractivity contribution in [3.63, 3.8) is 0 Å². The van der Waals surface area contributed by atoms with Crippen LogP contribution in [0.15, 0.2) is 0 Å². The quantitative estimate of drug-likeness (QED) is 0.717. The second-order valence-electron chi connectivity index (χ2n) is 4.26. The molecule has 1 aliphatic rings. The molecule has 0 amide bonds. The van der Waals surface area contributed by atoms with Crippen molar-refractivity contribution in [1.29, 1.82) is 0 Å². The molecule has 2 N–H and O–H groups in total. The standard InChI is InChI=1S/C10H20N2O3S2/c1-3-9(10(11)16)17(13,14)12(2)7-8-5-4-6-15-8/h8-9H,3-7H2,1-2H3,(H2,11,16).